The van der Waals surface area contributed by atoms with Crippen molar-refractivity contribution in [3.63, 3.8) is 0 Å². The largest absolute Gasteiger partial charge is 0.465 e. The number of nitrogens with zero attached hydrogens (tertiary/aromatic N) is 2. The average Bonchev–Trinajstić information content (AvgIpc) is 3.10. The number of rotatable bonds is 7. The Labute approximate surface area is 348 Å². The number of carbonyl (C=O) groups excluding carboxylic acids is 4. The minimum atomic E-state index is -0.978. The number of carbonyl (C=O) groups is 4. The predicted octanol–water partition coefficient (Wildman–Crippen LogP) is 11.6. The zero-order valence-electron chi connectivity index (χ0n) is 27.8. The van der Waals surface area contributed by atoms with Crippen molar-refractivity contribution in [2.24, 2.45) is 0 Å². The molecule has 0 aliphatic heterocycles. The summed E-state index contributed by atoms with van der Waals surface area (Å²) < 4.78 is 18.7. The van der Waals surface area contributed by atoms with E-state index < -0.39 is 27.3 Å². The maximum Gasteiger partial charge on any atom is 0.417 e. The average molecular weight is 862 g/mol. The summed E-state index contributed by atoms with van der Waals surface area (Å²) in [6.07, 6.45) is -0.783. The quantitative estimate of drug-likeness (QED) is 0.0440. The van der Waals surface area contributed by atoms with Crippen LogP contribution in [-0.2, 0) is 9.47 Å². The van der Waals surface area contributed by atoms with Gasteiger partial charge in [-0.2, -0.15) is 0 Å². The summed E-state index contributed by atoms with van der Waals surface area (Å²) in [4.78, 5) is 64.4. The van der Waals surface area contributed by atoms with Gasteiger partial charge >= 0.3 is 23.5 Å². The number of nitrogens with one attached hydrogen (secondary N) is 1. The molecular formula is C38H51Cl3N4O12. The summed E-state index contributed by atoms with van der Waals surface area (Å²) >= 11 is 14.4. The summed E-state index contributed by atoms with van der Waals surface area (Å²) in [6.45, 7) is 3.64. The van der Waals surface area contributed by atoms with Crippen molar-refractivity contribution in [2.45, 2.75) is 51.0 Å². The minimum Gasteiger partial charge on any atom is -0.465 e. The predicted molar refractivity (Wildman–Crippen MR) is 227 cm³/mol. The van der Waals surface area contributed by atoms with Crippen molar-refractivity contribution in [3.05, 3.63) is 127 Å². The van der Waals surface area contributed by atoms with Crippen molar-refractivity contribution in [1.82, 2.24) is 0 Å². The van der Waals surface area contributed by atoms with E-state index in [4.69, 9.17) is 45.3 Å². The Balaban J connectivity index is -0.000000235. The third kappa shape index (κ3) is 22.2. The molecule has 16 nitrogen and oxygen atoms in total. The van der Waals surface area contributed by atoms with Gasteiger partial charge in [0.2, 0.25) is 0 Å². The number of amides is 1. The SMILES string of the molecule is C.C.C.C.C.COC(=O)c1ccc(C)c(N)c1.COC(=O)c1ccc(C)c(NC(=O)Oc2ccc([N+](=O)[O-])cc2)c1.ClCCl.O=C(Cl)Oc1ccc([N+](=O)[O-])cc1. The maximum atomic E-state index is 11.9. The van der Waals surface area contributed by atoms with Crippen LogP contribution < -0.4 is 20.5 Å². The number of nitro benzene ring substituents is 2. The zero-order valence-corrected chi connectivity index (χ0v) is 30.1. The Bertz CT molecular complexity index is 1860. The van der Waals surface area contributed by atoms with E-state index in [1.165, 1.54) is 68.8 Å². The van der Waals surface area contributed by atoms with Crippen LogP contribution in [-0.4, -0.2) is 52.9 Å². The van der Waals surface area contributed by atoms with Crippen molar-refractivity contribution in [1.29, 1.82) is 0 Å². The second kappa shape index (κ2) is 31.3. The molecule has 4 aromatic carbocycles. The molecule has 0 unspecified atom stereocenters. The Hall–Kier alpha value is -5.97. The molecule has 19 heteroatoms. The first-order valence-corrected chi connectivity index (χ1v) is 15.6. The van der Waals surface area contributed by atoms with Gasteiger partial charge in [0.05, 0.1) is 40.5 Å². The lowest BCUT2D eigenvalue weighted by atomic mass is 10.1. The van der Waals surface area contributed by atoms with Gasteiger partial charge in [-0.25, -0.2) is 19.2 Å². The van der Waals surface area contributed by atoms with Crippen LogP contribution in [0.2, 0.25) is 0 Å². The molecule has 0 aliphatic carbocycles. The molecule has 4 rings (SSSR count). The van der Waals surface area contributed by atoms with Gasteiger partial charge in [-0.1, -0.05) is 49.3 Å². The second-order valence-corrected chi connectivity index (χ2v) is 10.7. The van der Waals surface area contributed by atoms with Crippen LogP contribution in [0, 0.1) is 34.1 Å². The smallest absolute Gasteiger partial charge is 0.417 e. The number of ether oxygens (including phenoxy) is 4. The van der Waals surface area contributed by atoms with Gasteiger partial charge < -0.3 is 24.7 Å². The highest BCUT2D eigenvalue weighted by Gasteiger charge is 2.13. The number of esters is 2. The van der Waals surface area contributed by atoms with Gasteiger partial charge in [-0.05, 0) is 73.5 Å². The summed E-state index contributed by atoms with van der Waals surface area (Å²) in [5, 5.41) is 23.5. The van der Waals surface area contributed by atoms with E-state index in [0.29, 0.717) is 16.9 Å². The summed E-state index contributed by atoms with van der Waals surface area (Å²) in [5.41, 5.74) is 7.91. The van der Waals surface area contributed by atoms with Crippen LogP contribution in [0.4, 0.5) is 32.3 Å². The van der Waals surface area contributed by atoms with Crippen LogP contribution in [0.15, 0.2) is 84.9 Å². The molecule has 57 heavy (non-hydrogen) atoms. The van der Waals surface area contributed by atoms with Crippen LogP contribution in [0.5, 0.6) is 11.5 Å². The topological polar surface area (TPSA) is 230 Å². The Kier molecular flexibility index (Phi) is 33.1. The Morgan fingerprint density at radius 2 is 1.02 bits per heavy atom. The molecule has 0 radical (unpaired) electrons. The van der Waals surface area contributed by atoms with Gasteiger partial charge in [0.25, 0.3) is 11.4 Å². The number of anilines is 2. The highest BCUT2D eigenvalue weighted by molar-refractivity contribution is 6.61. The van der Waals surface area contributed by atoms with Gasteiger partial charge in [0.15, 0.2) is 0 Å². The molecule has 0 aromatic heterocycles. The molecule has 0 aliphatic rings. The number of aryl methyl sites for hydroxylation is 2. The number of benzene rings is 4. The summed E-state index contributed by atoms with van der Waals surface area (Å²) in [6, 6.07) is 19.9. The molecule has 0 bridgehead atoms. The molecule has 0 spiro atoms. The van der Waals surface area contributed by atoms with Crippen LogP contribution >= 0.6 is 34.8 Å². The number of methoxy groups -OCH3 is 2. The standard InChI is InChI=1S/C16H14N2O6.C9H11NO2.C7H4ClNO4.CH2Cl2.5CH4/c1-10-3-4-11(15(19)23-2)9-14(10)17-16(20)24-13-7-5-12(6-8-13)18(21)22;1-6-3-4-7(5-8(6)10)9(11)12-2;8-7(10)13-6-3-1-5(2-4-6)9(11)12;2-1-3;;;;;/h3-9H,1-2H3,(H,17,20);3-5H,10H2,1-2H3;1-4H;1H2;5*1H4. The number of alkyl halides is 2. The lowest BCUT2D eigenvalue weighted by Crippen LogP contribution is -2.18. The fraction of sp³-hybridized carbons (Fsp3) is 0.263. The first-order chi connectivity index (χ1) is 24.6. The van der Waals surface area contributed by atoms with Crippen LogP contribution in [0.3, 0.4) is 0 Å². The normalized spacial score (nSPS) is 8.61. The molecule has 316 valence electrons. The zero-order chi connectivity index (χ0) is 39.4. The van der Waals surface area contributed by atoms with E-state index >= 15 is 0 Å². The number of nitro groups is 2. The fourth-order valence-electron chi connectivity index (χ4n) is 3.49. The molecular weight excluding hydrogens is 811 g/mol. The second-order valence-electron chi connectivity index (χ2n) is 9.54. The van der Waals surface area contributed by atoms with Crippen molar-refractivity contribution < 1.29 is 48.0 Å². The minimum absolute atomic E-state index is 0. The Morgan fingerprint density at radius 1 is 0.649 bits per heavy atom. The molecule has 0 saturated heterocycles. The number of nitrogens with two attached hydrogens (primary N) is 1. The van der Waals surface area contributed by atoms with E-state index in [0.717, 1.165) is 11.1 Å². The van der Waals surface area contributed by atoms with Crippen molar-refractivity contribution >= 4 is 81.0 Å². The van der Waals surface area contributed by atoms with Gasteiger partial charge in [-0.15, -0.1) is 23.2 Å². The molecule has 3 N–H and O–H groups in total. The van der Waals surface area contributed by atoms with Gasteiger partial charge in [-0.3, -0.25) is 25.5 Å². The molecule has 0 fully saturated rings. The molecule has 0 atom stereocenters. The van der Waals surface area contributed by atoms with Crippen molar-refractivity contribution in [2.75, 3.05) is 30.6 Å². The first kappa shape index (κ1) is 60.3. The lowest BCUT2D eigenvalue weighted by molar-refractivity contribution is -0.385. The number of non-ortho nitro benzene ring substituents is 2. The third-order valence-corrected chi connectivity index (χ3v) is 6.18. The number of halogens is 3. The molecule has 1 amide bonds. The van der Waals surface area contributed by atoms with E-state index in [1.807, 2.05) is 6.92 Å². The van der Waals surface area contributed by atoms with E-state index in [1.54, 1.807) is 37.3 Å². The number of hydrogen-bond acceptors (Lipinski definition) is 13. The maximum absolute atomic E-state index is 11.9. The third-order valence-electron chi connectivity index (χ3n) is 6.10. The highest BCUT2D eigenvalue weighted by Crippen LogP contribution is 2.21. The van der Waals surface area contributed by atoms with Gasteiger partial charge in [0, 0.05) is 47.2 Å². The Morgan fingerprint density at radius 3 is 1.37 bits per heavy atom. The number of nitrogen functional groups attached to an aromatic ring is 1. The lowest BCUT2D eigenvalue weighted by Gasteiger charge is -2.10. The summed E-state index contributed by atoms with van der Waals surface area (Å²) in [5.74, 6) is -0.561. The first-order valence-electron chi connectivity index (χ1n) is 14.2. The summed E-state index contributed by atoms with van der Waals surface area (Å²) in [7, 11) is 2.61. The number of hydrogen-bond donors (Lipinski definition) is 2. The van der Waals surface area contributed by atoms with E-state index in [-0.39, 0.29) is 76.9 Å². The van der Waals surface area contributed by atoms with E-state index in [9.17, 15) is 39.4 Å². The van der Waals surface area contributed by atoms with E-state index in [2.05, 4.69) is 19.5 Å². The highest BCUT2D eigenvalue weighted by atomic mass is 35.5. The van der Waals surface area contributed by atoms with Gasteiger partial charge in [0.1, 0.15) is 11.5 Å². The van der Waals surface area contributed by atoms with Crippen molar-refractivity contribution in [3.8, 4) is 11.5 Å². The monoisotopic (exact) mass is 860 g/mol. The molecule has 0 saturated carbocycles. The fourth-order valence-corrected chi connectivity index (χ4v) is 3.58. The van der Waals surface area contributed by atoms with Crippen LogP contribution in [0.25, 0.3) is 0 Å². The molecule has 4 aromatic rings. The molecule has 0 heterocycles. The van der Waals surface area contributed by atoms with Crippen LogP contribution in [0.1, 0.15) is 69.0 Å².